The monoisotopic (exact) mass is 280 g/mol. The van der Waals surface area contributed by atoms with Crippen LogP contribution in [0.5, 0.6) is 5.75 Å². The number of nitrogens with two attached hydrogens (primary N) is 2. The molecule has 7 nitrogen and oxygen atoms in total. The van der Waals surface area contributed by atoms with Gasteiger partial charge in [-0.05, 0) is 12.1 Å². The number of nitrogens with zero attached hydrogens (tertiary/aromatic N) is 1. The fourth-order valence-corrected chi connectivity index (χ4v) is 2.29. The summed E-state index contributed by atoms with van der Waals surface area (Å²) in [6.45, 7) is 0. The summed E-state index contributed by atoms with van der Waals surface area (Å²) in [4.78, 5) is 27.2. The third kappa shape index (κ3) is 1.77. The number of primary amides is 2. The minimum atomic E-state index is -1.90. The predicted molar refractivity (Wildman–Crippen MR) is 68.4 cm³/mol. The third-order valence-electron chi connectivity index (χ3n) is 3.17. The van der Waals surface area contributed by atoms with Gasteiger partial charge in [0.1, 0.15) is 11.6 Å². The molecule has 1 aliphatic rings. The lowest BCUT2D eigenvalue weighted by Gasteiger charge is -2.31. The number of halogens is 1. The van der Waals surface area contributed by atoms with Crippen molar-refractivity contribution < 1.29 is 18.7 Å². The molecule has 1 aliphatic heterocycles. The molecule has 5 N–H and O–H groups in total. The Labute approximate surface area is 113 Å². The van der Waals surface area contributed by atoms with E-state index in [1.54, 1.807) is 0 Å². The Balaban J connectivity index is 2.73. The minimum absolute atomic E-state index is 0.0630. The third-order valence-corrected chi connectivity index (χ3v) is 3.17. The smallest absolute Gasteiger partial charge is 0.250 e. The molecule has 0 saturated heterocycles. The van der Waals surface area contributed by atoms with Gasteiger partial charge in [-0.15, -0.1) is 0 Å². The van der Waals surface area contributed by atoms with Gasteiger partial charge in [-0.1, -0.05) is 6.07 Å². The number of aliphatic imine (C=N–C) groups is 1. The van der Waals surface area contributed by atoms with E-state index in [0.29, 0.717) is 0 Å². The van der Waals surface area contributed by atoms with Crippen LogP contribution in [0.1, 0.15) is 5.56 Å². The number of carbonyl (C=O) groups excluding carboxylic acids is 2. The van der Waals surface area contributed by atoms with E-state index in [4.69, 9.17) is 16.2 Å². The maximum Gasteiger partial charge on any atom is 0.250 e. The van der Waals surface area contributed by atoms with E-state index in [0.717, 1.165) is 12.4 Å². The second-order valence-electron chi connectivity index (χ2n) is 4.22. The van der Waals surface area contributed by atoms with Crippen molar-refractivity contribution in [2.75, 3.05) is 7.11 Å². The minimum Gasteiger partial charge on any atom is -0.496 e. The summed E-state index contributed by atoms with van der Waals surface area (Å²) in [6, 6.07) is 2.62. The van der Waals surface area contributed by atoms with Gasteiger partial charge in [0.05, 0.1) is 19.0 Å². The molecule has 0 radical (unpaired) electrons. The van der Waals surface area contributed by atoms with Gasteiger partial charge in [0, 0.05) is 0 Å². The van der Waals surface area contributed by atoms with Crippen LogP contribution < -0.4 is 21.5 Å². The molecule has 0 aromatic heterocycles. The largest absolute Gasteiger partial charge is 0.496 e. The van der Waals surface area contributed by atoms with Crippen molar-refractivity contribution in [3.05, 3.63) is 29.6 Å². The summed E-state index contributed by atoms with van der Waals surface area (Å²) in [5, 5.41) is 2.55. The number of rotatable bonds is 4. The zero-order chi connectivity index (χ0) is 14.9. The van der Waals surface area contributed by atoms with Crippen LogP contribution in [0.2, 0.25) is 0 Å². The highest BCUT2D eigenvalue weighted by atomic mass is 19.1. The van der Waals surface area contributed by atoms with Crippen molar-refractivity contribution in [1.29, 1.82) is 0 Å². The number of benzene rings is 1. The molecular weight excluding hydrogens is 267 g/mol. The molecule has 2 atom stereocenters. The molecule has 8 heteroatoms. The van der Waals surface area contributed by atoms with Crippen LogP contribution in [0.4, 0.5) is 4.39 Å². The first kappa shape index (κ1) is 13.8. The molecule has 0 saturated carbocycles. The molecule has 106 valence electrons. The summed E-state index contributed by atoms with van der Waals surface area (Å²) >= 11 is 0. The lowest BCUT2D eigenvalue weighted by Crippen LogP contribution is -2.59. The Morgan fingerprint density at radius 2 is 2.15 bits per heavy atom. The fraction of sp³-hybridized carbons (Fsp3) is 0.250. The Morgan fingerprint density at radius 3 is 2.70 bits per heavy atom. The van der Waals surface area contributed by atoms with E-state index < -0.39 is 29.2 Å². The lowest BCUT2D eigenvalue weighted by atomic mass is 9.81. The van der Waals surface area contributed by atoms with Crippen LogP contribution >= 0.6 is 0 Å². The summed E-state index contributed by atoms with van der Waals surface area (Å²) < 4.78 is 19.2. The van der Waals surface area contributed by atoms with Gasteiger partial charge in [0.25, 0.3) is 5.91 Å². The van der Waals surface area contributed by atoms with Crippen molar-refractivity contribution in [2.24, 2.45) is 16.5 Å². The molecule has 0 fully saturated rings. The standard InChI is InChI=1S/C12H13FN4O3/c1-20-7-4-2-3-6(13)8(7)12(11(15)19)9(10(14)18)16-5-17-12/h2-5,9H,1H3,(H2,14,18)(H2,15,19)(H,16,17). The first-order chi connectivity index (χ1) is 9.45. The topological polar surface area (TPSA) is 120 Å². The van der Waals surface area contributed by atoms with Crippen molar-refractivity contribution in [3.8, 4) is 5.75 Å². The maximum absolute atomic E-state index is 14.2. The molecule has 2 rings (SSSR count). The highest BCUT2D eigenvalue weighted by molar-refractivity contribution is 6.00. The second-order valence-corrected chi connectivity index (χ2v) is 4.22. The van der Waals surface area contributed by atoms with Gasteiger partial charge in [-0.25, -0.2) is 4.39 Å². The van der Waals surface area contributed by atoms with Gasteiger partial charge in [0.15, 0.2) is 11.6 Å². The van der Waals surface area contributed by atoms with E-state index in [-0.39, 0.29) is 11.3 Å². The van der Waals surface area contributed by atoms with Crippen LogP contribution in [0.3, 0.4) is 0 Å². The van der Waals surface area contributed by atoms with E-state index >= 15 is 0 Å². The zero-order valence-corrected chi connectivity index (χ0v) is 10.6. The van der Waals surface area contributed by atoms with Gasteiger partial charge >= 0.3 is 0 Å². The molecule has 2 unspecified atom stereocenters. The molecule has 20 heavy (non-hydrogen) atoms. The average molecular weight is 280 g/mol. The van der Waals surface area contributed by atoms with Crippen LogP contribution in [0, 0.1) is 5.82 Å². The summed E-state index contributed by atoms with van der Waals surface area (Å²) in [6.07, 6.45) is 1.10. The quantitative estimate of drug-likeness (QED) is 0.655. The van der Waals surface area contributed by atoms with Crippen LogP contribution in [0.25, 0.3) is 0 Å². The Bertz CT molecular complexity index is 604. The fourth-order valence-electron chi connectivity index (χ4n) is 2.29. The molecule has 1 heterocycles. The molecule has 2 amide bonds. The van der Waals surface area contributed by atoms with Crippen molar-refractivity contribution in [3.63, 3.8) is 0 Å². The zero-order valence-electron chi connectivity index (χ0n) is 10.6. The summed E-state index contributed by atoms with van der Waals surface area (Å²) in [7, 11) is 1.31. The first-order valence-corrected chi connectivity index (χ1v) is 5.66. The van der Waals surface area contributed by atoms with Gasteiger partial charge in [-0.3, -0.25) is 14.6 Å². The van der Waals surface area contributed by atoms with Crippen molar-refractivity contribution >= 4 is 18.2 Å². The summed E-state index contributed by atoms with van der Waals surface area (Å²) in [5.41, 5.74) is 8.50. The van der Waals surface area contributed by atoms with Crippen molar-refractivity contribution in [1.82, 2.24) is 5.32 Å². The molecule has 0 bridgehead atoms. The SMILES string of the molecule is COc1cccc(F)c1C1(C(N)=O)NC=NC1C(N)=O. The number of carbonyl (C=O) groups is 2. The van der Waals surface area contributed by atoms with Crippen LogP contribution in [-0.2, 0) is 15.1 Å². The van der Waals surface area contributed by atoms with Crippen LogP contribution in [0.15, 0.2) is 23.2 Å². The highest BCUT2D eigenvalue weighted by Gasteiger charge is 2.54. The molecular formula is C12H13FN4O3. The number of hydrogen-bond acceptors (Lipinski definition) is 5. The van der Waals surface area contributed by atoms with E-state index in [9.17, 15) is 14.0 Å². The lowest BCUT2D eigenvalue weighted by molar-refractivity contribution is -0.130. The predicted octanol–water partition coefficient (Wildman–Crippen LogP) is -1.000. The molecule has 0 aliphatic carbocycles. The van der Waals surface area contributed by atoms with Crippen LogP contribution in [-0.4, -0.2) is 31.3 Å². The number of hydrogen-bond donors (Lipinski definition) is 3. The Hall–Kier alpha value is -2.64. The normalized spacial score (nSPS) is 24.2. The van der Waals surface area contributed by atoms with Gasteiger partial charge < -0.3 is 21.5 Å². The Morgan fingerprint density at radius 1 is 1.45 bits per heavy atom. The molecule has 0 spiro atoms. The second kappa shape index (κ2) is 4.80. The maximum atomic E-state index is 14.2. The number of ether oxygens (including phenoxy) is 1. The first-order valence-electron chi connectivity index (χ1n) is 5.66. The Kier molecular flexibility index (Phi) is 3.31. The van der Waals surface area contributed by atoms with E-state index in [1.165, 1.54) is 19.2 Å². The van der Waals surface area contributed by atoms with E-state index in [1.807, 2.05) is 0 Å². The van der Waals surface area contributed by atoms with E-state index in [2.05, 4.69) is 10.3 Å². The van der Waals surface area contributed by atoms with Crippen molar-refractivity contribution in [2.45, 2.75) is 11.6 Å². The average Bonchev–Trinajstić information content (AvgIpc) is 2.83. The van der Waals surface area contributed by atoms with Gasteiger partial charge in [-0.2, -0.15) is 0 Å². The number of nitrogens with one attached hydrogen (secondary N) is 1. The molecule has 1 aromatic rings. The molecule has 1 aromatic carbocycles. The highest BCUT2D eigenvalue weighted by Crippen LogP contribution is 2.37. The number of amides is 2. The number of methoxy groups -OCH3 is 1. The summed E-state index contributed by atoms with van der Waals surface area (Å²) in [5.74, 6) is -2.59. The van der Waals surface area contributed by atoms with Gasteiger partial charge in [0.2, 0.25) is 5.91 Å².